The molecular weight excluding hydrogens is 168 g/mol. The standard InChI is InChI=1S/C9H16N2O2/c12-8(6-1-2-6)5-11-9(13)7-3-10-4-7/h6-8,10,12H,1-5H2,(H,11,13). The minimum absolute atomic E-state index is 0.0819. The van der Waals surface area contributed by atoms with Gasteiger partial charge in [0.2, 0.25) is 5.91 Å². The summed E-state index contributed by atoms with van der Waals surface area (Å²) in [5.41, 5.74) is 0. The quantitative estimate of drug-likeness (QED) is 0.530. The molecule has 1 aliphatic carbocycles. The molecule has 1 amide bonds. The third-order valence-electron chi connectivity index (χ3n) is 2.80. The van der Waals surface area contributed by atoms with Gasteiger partial charge < -0.3 is 15.7 Å². The number of aliphatic hydroxyl groups is 1. The SMILES string of the molecule is O=C(NCC(O)C1CC1)C1CNC1. The van der Waals surface area contributed by atoms with E-state index < -0.39 is 0 Å². The lowest BCUT2D eigenvalue weighted by Crippen LogP contribution is -2.51. The van der Waals surface area contributed by atoms with Gasteiger partial charge in [-0.05, 0) is 18.8 Å². The largest absolute Gasteiger partial charge is 0.391 e. The van der Waals surface area contributed by atoms with Gasteiger partial charge in [-0.1, -0.05) is 0 Å². The molecule has 4 heteroatoms. The van der Waals surface area contributed by atoms with Crippen molar-refractivity contribution in [3.63, 3.8) is 0 Å². The maximum atomic E-state index is 11.3. The number of hydrogen-bond acceptors (Lipinski definition) is 3. The number of rotatable bonds is 4. The Kier molecular flexibility index (Phi) is 2.51. The van der Waals surface area contributed by atoms with Crippen molar-refractivity contribution >= 4 is 5.91 Å². The average Bonchev–Trinajstić information content (AvgIpc) is 2.78. The molecule has 1 saturated carbocycles. The van der Waals surface area contributed by atoms with E-state index in [9.17, 15) is 9.90 Å². The average molecular weight is 184 g/mol. The minimum atomic E-state index is -0.322. The van der Waals surface area contributed by atoms with Gasteiger partial charge in [-0.25, -0.2) is 0 Å². The molecule has 0 aromatic carbocycles. The molecule has 74 valence electrons. The zero-order valence-electron chi connectivity index (χ0n) is 7.62. The Morgan fingerprint density at radius 2 is 2.23 bits per heavy atom. The molecule has 1 atom stereocenters. The van der Waals surface area contributed by atoms with Crippen molar-refractivity contribution in [2.45, 2.75) is 18.9 Å². The first-order valence-corrected chi connectivity index (χ1v) is 4.94. The van der Waals surface area contributed by atoms with Crippen LogP contribution in [0.2, 0.25) is 0 Å². The highest BCUT2D eigenvalue weighted by Gasteiger charge is 2.31. The highest BCUT2D eigenvalue weighted by atomic mass is 16.3. The van der Waals surface area contributed by atoms with Crippen molar-refractivity contribution in [3.8, 4) is 0 Å². The van der Waals surface area contributed by atoms with E-state index in [-0.39, 0.29) is 17.9 Å². The van der Waals surface area contributed by atoms with Crippen LogP contribution >= 0.6 is 0 Å². The Balaban J connectivity index is 1.62. The maximum Gasteiger partial charge on any atom is 0.225 e. The van der Waals surface area contributed by atoms with Gasteiger partial charge in [0.15, 0.2) is 0 Å². The number of hydrogen-bond donors (Lipinski definition) is 3. The molecule has 2 rings (SSSR count). The van der Waals surface area contributed by atoms with Crippen molar-refractivity contribution < 1.29 is 9.90 Å². The molecule has 4 nitrogen and oxygen atoms in total. The maximum absolute atomic E-state index is 11.3. The number of carbonyl (C=O) groups excluding carboxylic acids is 1. The van der Waals surface area contributed by atoms with Gasteiger partial charge in [0, 0.05) is 19.6 Å². The molecule has 2 fully saturated rings. The van der Waals surface area contributed by atoms with Crippen LogP contribution in [0.5, 0.6) is 0 Å². The normalized spacial score (nSPS) is 25.0. The van der Waals surface area contributed by atoms with Gasteiger partial charge >= 0.3 is 0 Å². The van der Waals surface area contributed by atoms with Gasteiger partial charge in [-0.3, -0.25) is 4.79 Å². The van der Waals surface area contributed by atoms with E-state index in [0.717, 1.165) is 25.9 Å². The fourth-order valence-corrected chi connectivity index (χ4v) is 1.47. The zero-order valence-corrected chi connectivity index (χ0v) is 7.62. The second-order valence-electron chi connectivity index (χ2n) is 4.01. The first-order valence-electron chi connectivity index (χ1n) is 4.94. The van der Waals surface area contributed by atoms with Crippen LogP contribution in [-0.2, 0) is 4.79 Å². The molecule has 3 N–H and O–H groups in total. The molecule has 1 aliphatic heterocycles. The van der Waals surface area contributed by atoms with Gasteiger partial charge in [0.05, 0.1) is 12.0 Å². The number of amides is 1. The third kappa shape index (κ3) is 2.19. The van der Waals surface area contributed by atoms with E-state index in [1.807, 2.05) is 0 Å². The fourth-order valence-electron chi connectivity index (χ4n) is 1.47. The summed E-state index contributed by atoms with van der Waals surface area (Å²) in [7, 11) is 0. The highest BCUT2D eigenvalue weighted by molar-refractivity contribution is 5.80. The van der Waals surface area contributed by atoms with E-state index in [2.05, 4.69) is 10.6 Å². The lowest BCUT2D eigenvalue weighted by molar-refractivity contribution is -0.126. The van der Waals surface area contributed by atoms with E-state index in [0.29, 0.717) is 12.5 Å². The second kappa shape index (κ2) is 3.64. The molecule has 0 aromatic heterocycles. The predicted molar refractivity (Wildman–Crippen MR) is 48.1 cm³/mol. The van der Waals surface area contributed by atoms with Crippen molar-refractivity contribution in [2.24, 2.45) is 11.8 Å². The molecule has 2 aliphatic rings. The van der Waals surface area contributed by atoms with Crippen molar-refractivity contribution in [2.75, 3.05) is 19.6 Å². The molecule has 1 heterocycles. The van der Waals surface area contributed by atoms with Crippen LogP contribution in [0.3, 0.4) is 0 Å². The van der Waals surface area contributed by atoms with E-state index in [1.165, 1.54) is 0 Å². The first kappa shape index (κ1) is 8.97. The second-order valence-corrected chi connectivity index (χ2v) is 4.01. The lowest BCUT2D eigenvalue weighted by Gasteiger charge is -2.26. The first-order chi connectivity index (χ1) is 6.27. The Bertz CT molecular complexity index is 200. The minimum Gasteiger partial charge on any atom is -0.391 e. The third-order valence-corrected chi connectivity index (χ3v) is 2.80. The van der Waals surface area contributed by atoms with Crippen molar-refractivity contribution in [1.82, 2.24) is 10.6 Å². The van der Waals surface area contributed by atoms with Crippen LogP contribution in [-0.4, -0.2) is 36.8 Å². The molecule has 0 radical (unpaired) electrons. The molecule has 1 saturated heterocycles. The topological polar surface area (TPSA) is 61.4 Å². The molecule has 0 aromatic rings. The van der Waals surface area contributed by atoms with Crippen LogP contribution in [0.4, 0.5) is 0 Å². The van der Waals surface area contributed by atoms with Crippen LogP contribution in [0, 0.1) is 11.8 Å². The molecular formula is C9H16N2O2. The van der Waals surface area contributed by atoms with Crippen LogP contribution < -0.4 is 10.6 Å². The van der Waals surface area contributed by atoms with Crippen LogP contribution in [0.25, 0.3) is 0 Å². The Hall–Kier alpha value is -0.610. The summed E-state index contributed by atoms with van der Waals surface area (Å²) in [6.45, 7) is 2.00. The molecule has 0 spiro atoms. The summed E-state index contributed by atoms with van der Waals surface area (Å²) < 4.78 is 0. The summed E-state index contributed by atoms with van der Waals surface area (Å²) in [4.78, 5) is 11.3. The van der Waals surface area contributed by atoms with Crippen molar-refractivity contribution in [3.05, 3.63) is 0 Å². The Labute approximate surface area is 77.7 Å². The Morgan fingerprint density at radius 1 is 1.54 bits per heavy atom. The fraction of sp³-hybridized carbons (Fsp3) is 0.889. The van der Waals surface area contributed by atoms with Gasteiger partial charge in [-0.15, -0.1) is 0 Å². The summed E-state index contributed by atoms with van der Waals surface area (Å²) in [6.07, 6.45) is 1.90. The number of carbonyl (C=O) groups is 1. The van der Waals surface area contributed by atoms with Crippen molar-refractivity contribution in [1.29, 1.82) is 0 Å². The van der Waals surface area contributed by atoms with Gasteiger partial charge in [0.1, 0.15) is 0 Å². The van der Waals surface area contributed by atoms with Gasteiger partial charge in [0.25, 0.3) is 0 Å². The Morgan fingerprint density at radius 3 is 2.69 bits per heavy atom. The van der Waals surface area contributed by atoms with Gasteiger partial charge in [-0.2, -0.15) is 0 Å². The summed E-state index contributed by atoms with van der Waals surface area (Å²) in [5.74, 6) is 0.657. The number of nitrogens with one attached hydrogen (secondary N) is 2. The van der Waals surface area contributed by atoms with E-state index in [1.54, 1.807) is 0 Å². The van der Waals surface area contributed by atoms with E-state index in [4.69, 9.17) is 0 Å². The summed E-state index contributed by atoms with van der Waals surface area (Å²) in [5, 5.41) is 15.3. The predicted octanol–water partition coefficient (Wildman–Crippen LogP) is -0.907. The molecule has 0 bridgehead atoms. The molecule has 1 unspecified atom stereocenters. The lowest BCUT2D eigenvalue weighted by atomic mass is 10.0. The molecule has 13 heavy (non-hydrogen) atoms. The zero-order chi connectivity index (χ0) is 9.26. The van der Waals surface area contributed by atoms with E-state index >= 15 is 0 Å². The summed E-state index contributed by atoms with van der Waals surface area (Å²) >= 11 is 0. The number of aliphatic hydroxyl groups excluding tert-OH is 1. The summed E-state index contributed by atoms with van der Waals surface area (Å²) in [6, 6.07) is 0. The van der Waals surface area contributed by atoms with Crippen LogP contribution in [0.1, 0.15) is 12.8 Å². The monoisotopic (exact) mass is 184 g/mol. The highest BCUT2D eigenvalue weighted by Crippen LogP contribution is 2.32. The smallest absolute Gasteiger partial charge is 0.225 e. The van der Waals surface area contributed by atoms with Crippen LogP contribution in [0.15, 0.2) is 0 Å².